The second-order valence-corrected chi connectivity index (χ2v) is 5.70. The molecular weight excluding hydrogens is 238 g/mol. The van der Waals surface area contributed by atoms with Crippen LogP contribution in [0, 0.1) is 0 Å². The number of hydrogen-bond acceptors (Lipinski definition) is 2. The molecule has 1 amide bonds. The first-order valence-corrected chi connectivity index (χ1v) is 6.95. The van der Waals surface area contributed by atoms with Crippen LogP contribution in [0.15, 0.2) is 30.3 Å². The molecule has 104 valence electrons. The Balaban J connectivity index is 2.07. The van der Waals surface area contributed by atoms with Gasteiger partial charge < -0.3 is 9.64 Å². The van der Waals surface area contributed by atoms with Gasteiger partial charge in [-0.1, -0.05) is 30.3 Å². The molecule has 1 heterocycles. The van der Waals surface area contributed by atoms with Gasteiger partial charge >= 0.3 is 0 Å². The number of methoxy groups -OCH3 is 1. The van der Waals surface area contributed by atoms with Crippen LogP contribution in [0.3, 0.4) is 0 Å². The quantitative estimate of drug-likeness (QED) is 0.834. The van der Waals surface area contributed by atoms with Crippen molar-refractivity contribution in [2.75, 3.05) is 13.7 Å². The Morgan fingerprint density at radius 2 is 2.05 bits per heavy atom. The zero-order valence-electron chi connectivity index (χ0n) is 12.1. The molecular formula is C16H23NO2. The summed E-state index contributed by atoms with van der Waals surface area (Å²) in [6.45, 7) is 4.53. The monoisotopic (exact) mass is 261 g/mol. The fourth-order valence-electron chi connectivity index (χ4n) is 2.63. The van der Waals surface area contributed by atoms with Crippen LogP contribution in [-0.2, 0) is 16.0 Å². The minimum atomic E-state index is -0.723. The highest BCUT2D eigenvalue weighted by Crippen LogP contribution is 2.25. The van der Waals surface area contributed by atoms with Crippen molar-refractivity contribution in [1.82, 2.24) is 4.90 Å². The van der Waals surface area contributed by atoms with Crippen LogP contribution in [0.2, 0.25) is 0 Å². The molecule has 1 aromatic rings. The summed E-state index contributed by atoms with van der Waals surface area (Å²) >= 11 is 0. The molecule has 2 rings (SSSR count). The summed E-state index contributed by atoms with van der Waals surface area (Å²) in [5, 5.41) is 0. The van der Waals surface area contributed by atoms with Crippen LogP contribution in [0.5, 0.6) is 0 Å². The number of benzene rings is 1. The van der Waals surface area contributed by atoms with Gasteiger partial charge in [0.2, 0.25) is 0 Å². The first-order valence-electron chi connectivity index (χ1n) is 6.95. The lowest BCUT2D eigenvalue weighted by atomic mass is 10.0. The zero-order chi connectivity index (χ0) is 13.9. The minimum Gasteiger partial charge on any atom is -0.369 e. The van der Waals surface area contributed by atoms with Gasteiger partial charge in [0.15, 0.2) is 0 Å². The molecule has 0 aliphatic carbocycles. The SMILES string of the molecule is COC(C)(C)C(=O)N1CCCC1Cc1ccccc1. The molecule has 0 saturated carbocycles. The summed E-state index contributed by atoms with van der Waals surface area (Å²) in [4.78, 5) is 14.5. The Labute approximate surface area is 115 Å². The van der Waals surface area contributed by atoms with Gasteiger partial charge in [-0.05, 0) is 38.7 Å². The van der Waals surface area contributed by atoms with Crippen molar-refractivity contribution in [2.24, 2.45) is 0 Å². The molecule has 0 N–H and O–H groups in total. The van der Waals surface area contributed by atoms with Crippen molar-refractivity contribution in [3.63, 3.8) is 0 Å². The predicted octanol–water partition coefficient (Wildman–Crippen LogP) is 2.65. The summed E-state index contributed by atoms with van der Waals surface area (Å²) in [5.74, 6) is 0.105. The number of nitrogens with zero attached hydrogens (tertiary/aromatic N) is 1. The van der Waals surface area contributed by atoms with E-state index in [1.54, 1.807) is 7.11 Å². The van der Waals surface area contributed by atoms with Gasteiger partial charge in [0.25, 0.3) is 5.91 Å². The number of rotatable bonds is 4. The van der Waals surface area contributed by atoms with Crippen LogP contribution in [-0.4, -0.2) is 36.1 Å². The first-order chi connectivity index (χ1) is 9.04. The van der Waals surface area contributed by atoms with Gasteiger partial charge in [0.1, 0.15) is 5.60 Å². The molecule has 1 saturated heterocycles. The number of likely N-dealkylation sites (tertiary alicyclic amines) is 1. The third-order valence-electron chi connectivity index (χ3n) is 3.98. The van der Waals surface area contributed by atoms with Gasteiger partial charge in [-0.3, -0.25) is 4.79 Å². The summed E-state index contributed by atoms with van der Waals surface area (Å²) < 4.78 is 5.32. The van der Waals surface area contributed by atoms with Crippen molar-refractivity contribution in [1.29, 1.82) is 0 Å². The fraction of sp³-hybridized carbons (Fsp3) is 0.562. The maximum Gasteiger partial charge on any atom is 0.254 e. The van der Waals surface area contributed by atoms with E-state index >= 15 is 0 Å². The minimum absolute atomic E-state index is 0.105. The van der Waals surface area contributed by atoms with Crippen LogP contribution < -0.4 is 0 Å². The largest absolute Gasteiger partial charge is 0.369 e. The van der Waals surface area contributed by atoms with E-state index in [-0.39, 0.29) is 5.91 Å². The maximum absolute atomic E-state index is 12.5. The highest BCUT2D eigenvalue weighted by Gasteiger charge is 2.37. The average molecular weight is 261 g/mol. The second-order valence-electron chi connectivity index (χ2n) is 5.70. The lowest BCUT2D eigenvalue weighted by Crippen LogP contribution is -2.48. The molecule has 0 radical (unpaired) electrons. The van der Waals surface area contributed by atoms with Crippen molar-refractivity contribution in [3.05, 3.63) is 35.9 Å². The Morgan fingerprint density at radius 3 is 2.68 bits per heavy atom. The van der Waals surface area contributed by atoms with Gasteiger partial charge in [-0.2, -0.15) is 0 Å². The molecule has 3 nitrogen and oxygen atoms in total. The molecule has 0 bridgehead atoms. The molecule has 1 atom stereocenters. The molecule has 3 heteroatoms. The number of amides is 1. The molecule has 1 unspecified atom stereocenters. The molecule has 0 spiro atoms. The van der Waals surface area contributed by atoms with Crippen LogP contribution in [0.25, 0.3) is 0 Å². The Morgan fingerprint density at radius 1 is 1.37 bits per heavy atom. The van der Waals surface area contributed by atoms with E-state index in [2.05, 4.69) is 24.3 Å². The first kappa shape index (κ1) is 14.1. The summed E-state index contributed by atoms with van der Waals surface area (Å²) in [6, 6.07) is 10.7. The van der Waals surface area contributed by atoms with Crippen molar-refractivity contribution < 1.29 is 9.53 Å². The lowest BCUT2D eigenvalue weighted by Gasteiger charge is -2.32. The highest BCUT2D eigenvalue weighted by atomic mass is 16.5. The maximum atomic E-state index is 12.5. The van der Waals surface area contributed by atoms with E-state index in [4.69, 9.17) is 4.74 Å². The van der Waals surface area contributed by atoms with Crippen molar-refractivity contribution in [2.45, 2.75) is 44.8 Å². The molecule has 19 heavy (non-hydrogen) atoms. The topological polar surface area (TPSA) is 29.5 Å². The number of carbonyl (C=O) groups excluding carboxylic acids is 1. The third-order valence-corrected chi connectivity index (χ3v) is 3.98. The highest BCUT2D eigenvalue weighted by molar-refractivity contribution is 5.85. The number of hydrogen-bond donors (Lipinski definition) is 0. The predicted molar refractivity (Wildman–Crippen MR) is 76.0 cm³/mol. The van der Waals surface area contributed by atoms with Gasteiger partial charge in [0.05, 0.1) is 0 Å². The molecule has 1 aromatic carbocycles. The van der Waals surface area contributed by atoms with Crippen molar-refractivity contribution in [3.8, 4) is 0 Å². The van der Waals surface area contributed by atoms with Gasteiger partial charge in [0, 0.05) is 19.7 Å². The van der Waals surface area contributed by atoms with E-state index in [9.17, 15) is 4.79 Å². The molecule has 1 aliphatic heterocycles. The second kappa shape index (κ2) is 5.74. The van der Waals surface area contributed by atoms with E-state index in [0.717, 1.165) is 25.8 Å². The summed E-state index contributed by atoms with van der Waals surface area (Å²) in [5.41, 5.74) is 0.571. The fourth-order valence-corrected chi connectivity index (χ4v) is 2.63. The van der Waals surface area contributed by atoms with E-state index < -0.39 is 5.60 Å². The van der Waals surface area contributed by atoms with E-state index in [0.29, 0.717) is 6.04 Å². The van der Waals surface area contributed by atoms with Crippen molar-refractivity contribution >= 4 is 5.91 Å². The summed E-state index contributed by atoms with van der Waals surface area (Å²) in [6.07, 6.45) is 3.11. The number of carbonyl (C=O) groups is 1. The van der Waals surface area contributed by atoms with Crippen LogP contribution >= 0.6 is 0 Å². The smallest absolute Gasteiger partial charge is 0.254 e. The average Bonchev–Trinajstić information content (AvgIpc) is 2.87. The summed E-state index contributed by atoms with van der Waals surface area (Å²) in [7, 11) is 1.60. The Kier molecular flexibility index (Phi) is 4.25. The normalized spacial score (nSPS) is 19.7. The number of ether oxygens (including phenoxy) is 1. The molecule has 0 aromatic heterocycles. The standard InChI is InChI=1S/C16H23NO2/c1-16(2,19-3)15(18)17-11-7-10-14(17)12-13-8-5-4-6-9-13/h4-6,8-9,14H,7,10-12H2,1-3H3. The molecule has 1 aliphatic rings. The Hall–Kier alpha value is -1.35. The Bertz CT molecular complexity index is 428. The zero-order valence-corrected chi connectivity index (χ0v) is 12.1. The van der Waals surface area contributed by atoms with E-state index in [1.807, 2.05) is 24.8 Å². The third kappa shape index (κ3) is 3.16. The lowest BCUT2D eigenvalue weighted by molar-refractivity contribution is -0.151. The van der Waals surface area contributed by atoms with Gasteiger partial charge in [-0.25, -0.2) is 0 Å². The van der Waals surface area contributed by atoms with Crippen LogP contribution in [0.4, 0.5) is 0 Å². The van der Waals surface area contributed by atoms with Gasteiger partial charge in [-0.15, -0.1) is 0 Å². The van der Waals surface area contributed by atoms with E-state index in [1.165, 1.54) is 5.56 Å². The molecule has 1 fully saturated rings. The van der Waals surface area contributed by atoms with Crippen LogP contribution in [0.1, 0.15) is 32.3 Å².